The number of amides is 1. The van der Waals surface area contributed by atoms with E-state index in [2.05, 4.69) is 35.8 Å². The second-order valence-electron chi connectivity index (χ2n) is 7.54. The number of hydrogen-bond acceptors (Lipinski definition) is 5. The molecule has 1 aliphatic rings. The number of rotatable bonds is 7. The Balaban J connectivity index is 1.36. The van der Waals surface area contributed by atoms with Gasteiger partial charge in [0, 0.05) is 19.6 Å². The van der Waals surface area contributed by atoms with Gasteiger partial charge in [0.05, 0.1) is 11.1 Å². The van der Waals surface area contributed by atoms with Crippen LogP contribution in [0, 0.1) is 5.92 Å². The summed E-state index contributed by atoms with van der Waals surface area (Å²) in [5.41, 5.74) is 1.30. The second kappa shape index (κ2) is 9.62. The predicted molar refractivity (Wildman–Crippen MR) is 124 cm³/mol. The number of piperidine rings is 1. The maximum Gasteiger partial charge on any atom is 0.263 e. The van der Waals surface area contributed by atoms with Gasteiger partial charge >= 0.3 is 0 Å². The summed E-state index contributed by atoms with van der Waals surface area (Å²) in [7, 11) is 0. The summed E-state index contributed by atoms with van der Waals surface area (Å²) in [4.78, 5) is 32.8. The first-order valence-corrected chi connectivity index (χ1v) is 12.1. The molecule has 3 aromatic rings. The van der Waals surface area contributed by atoms with Gasteiger partial charge in [-0.25, -0.2) is 4.98 Å². The first-order valence-electron chi connectivity index (χ1n) is 10.2. The first kappa shape index (κ1) is 20.9. The Labute approximate surface area is 184 Å². The highest BCUT2D eigenvalue weighted by Crippen LogP contribution is 2.24. The van der Waals surface area contributed by atoms with Gasteiger partial charge in [-0.1, -0.05) is 48.2 Å². The molecule has 30 heavy (non-hydrogen) atoms. The van der Waals surface area contributed by atoms with E-state index in [0.29, 0.717) is 28.8 Å². The molecular weight excluding hydrogens is 414 g/mol. The Morgan fingerprint density at radius 1 is 1.23 bits per heavy atom. The van der Waals surface area contributed by atoms with E-state index >= 15 is 0 Å². The van der Waals surface area contributed by atoms with Crippen LogP contribution in [0.1, 0.15) is 18.4 Å². The fourth-order valence-electron chi connectivity index (χ4n) is 3.88. The summed E-state index contributed by atoms with van der Waals surface area (Å²) >= 11 is 2.79. The van der Waals surface area contributed by atoms with Gasteiger partial charge in [-0.05, 0) is 42.2 Å². The van der Waals surface area contributed by atoms with E-state index in [1.807, 2.05) is 16.3 Å². The summed E-state index contributed by atoms with van der Waals surface area (Å²) in [5.74, 6) is 1.04. The molecule has 0 N–H and O–H groups in total. The molecule has 0 saturated carbocycles. The number of carbonyl (C=O) groups excluding carboxylic acids is 1. The van der Waals surface area contributed by atoms with Crippen molar-refractivity contribution in [1.82, 2.24) is 14.5 Å². The van der Waals surface area contributed by atoms with Crippen LogP contribution in [0.4, 0.5) is 0 Å². The monoisotopic (exact) mass is 439 g/mol. The molecule has 1 amide bonds. The van der Waals surface area contributed by atoms with Crippen LogP contribution in [0.25, 0.3) is 10.2 Å². The van der Waals surface area contributed by atoms with E-state index in [4.69, 9.17) is 0 Å². The molecule has 0 atom stereocenters. The minimum Gasteiger partial charge on any atom is -0.342 e. The minimum absolute atomic E-state index is 0.0715. The SMILES string of the molecule is C=CCn1c(SCC(=O)N2CCC(Cc3ccccc3)CC2)nc2sccc2c1=O. The number of thioether (sulfide) groups is 1. The van der Waals surface area contributed by atoms with Crippen LogP contribution in [0.2, 0.25) is 0 Å². The highest BCUT2D eigenvalue weighted by Gasteiger charge is 2.23. The first-order chi connectivity index (χ1) is 14.7. The highest BCUT2D eigenvalue weighted by molar-refractivity contribution is 7.99. The van der Waals surface area contributed by atoms with Crippen LogP contribution in [0.5, 0.6) is 0 Å². The van der Waals surface area contributed by atoms with Gasteiger partial charge in [-0.2, -0.15) is 0 Å². The zero-order valence-corrected chi connectivity index (χ0v) is 18.5. The molecule has 4 rings (SSSR count). The average Bonchev–Trinajstić information content (AvgIpc) is 3.24. The Kier molecular flexibility index (Phi) is 6.69. The lowest BCUT2D eigenvalue weighted by atomic mass is 9.90. The standard InChI is InChI=1S/C23H25N3O2S2/c1-2-11-26-22(28)19-10-14-29-21(19)24-23(26)30-16-20(27)25-12-8-18(9-13-25)15-17-6-4-3-5-7-17/h2-7,10,14,18H,1,8-9,11-13,15-16H2. The Morgan fingerprint density at radius 2 is 2.00 bits per heavy atom. The highest BCUT2D eigenvalue weighted by atomic mass is 32.2. The lowest BCUT2D eigenvalue weighted by Crippen LogP contribution is -2.40. The van der Waals surface area contributed by atoms with Crippen LogP contribution in [0.15, 0.2) is 64.4 Å². The largest absolute Gasteiger partial charge is 0.342 e. The normalized spacial score (nSPS) is 14.9. The second-order valence-corrected chi connectivity index (χ2v) is 9.38. The van der Waals surface area contributed by atoms with Crippen LogP contribution < -0.4 is 5.56 Å². The van der Waals surface area contributed by atoms with Crippen molar-refractivity contribution in [2.24, 2.45) is 5.92 Å². The topological polar surface area (TPSA) is 55.2 Å². The summed E-state index contributed by atoms with van der Waals surface area (Å²) in [5, 5.41) is 3.08. The van der Waals surface area contributed by atoms with Crippen LogP contribution in [-0.4, -0.2) is 39.2 Å². The van der Waals surface area contributed by atoms with Crippen molar-refractivity contribution in [3.05, 3.63) is 70.4 Å². The summed E-state index contributed by atoms with van der Waals surface area (Å²) < 4.78 is 1.60. The van der Waals surface area contributed by atoms with Gasteiger partial charge in [0.25, 0.3) is 5.56 Å². The van der Waals surface area contributed by atoms with Crippen molar-refractivity contribution in [2.75, 3.05) is 18.8 Å². The lowest BCUT2D eigenvalue weighted by Gasteiger charge is -2.32. The molecule has 2 aromatic heterocycles. The number of nitrogens with zero attached hydrogens (tertiary/aromatic N) is 3. The Morgan fingerprint density at radius 3 is 2.73 bits per heavy atom. The number of aromatic nitrogens is 2. The molecule has 1 fully saturated rings. The van der Waals surface area contributed by atoms with E-state index in [1.165, 1.54) is 28.7 Å². The molecule has 0 bridgehead atoms. The fourth-order valence-corrected chi connectivity index (χ4v) is 5.60. The maximum atomic E-state index is 12.8. The average molecular weight is 440 g/mol. The molecule has 0 spiro atoms. The van der Waals surface area contributed by atoms with Gasteiger partial charge in [0.1, 0.15) is 4.83 Å². The van der Waals surface area contributed by atoms with E-state index in [0.717, 1.165) is 37.2 Å². The van der Waals surface area contributed by atoms with Gasteiger partial charge in [-0.15, -0.1) is 17.9 Å². The summed E-state index contributed by atoms with van der Waals surface area (Å²) in [6, 6.07) is 12.4. The van der Waals surface area contributed by atoms with E-state index < -0.39 is 0 Å². The maximum absolute atomic E-state index is 12.8. The third-order valence-corrected chi connectivity index (χ3v) is 7.29. The lowest BCUT2D eigenvalue weighted by molar-refractivity contribution is -0.129. The van der Waals surface area contributed by atoms with Crippen molar-refractivity contribution in [2.45, 2.75) is 31.0 Å². The molecule has 0 unspecified atom stereocenters. The van der Waals surface area contributed by atoms with E-state index in [-0.39, 0.29) is 11.5 Å². The number of likely N-dealkylation sites (tertiary alicyclic amines) is 1. The van der Waals surface area contributed by atoms with Crippen LogP contribution in [-0.2, 0) is 17.8 Å². The number of allylic oxidation sites excluding steroid dienone is 1. The Hall–Kier alpha value is -2.38. The van der Waals surface area contributed by atoms with Gasteiger partial charge < -0.3 is 4.90 Å². The van der Waals surface area contributed by atoms with Crippen molar-refractivity contribution >= 4 is 39.2 Å². The number of thiophene rings is 1. The molecule has 0 aliphatic carbocycles. The molecule has 156 valence electrons. The molecule has 3 heterocycles. The third kappa shape index (κ3) is 4.68. The van der Waals surface area contributed by atoms with Gasteiger partial charge in [0.2, 0.25) is 5.91 Å². The quantitative estimate of drug-likeness (QED) is 0.314. The van der Waals surface area contributed by atoms with Crippen molar-refractivity contribution < 1.29 is 4.79 Å². The zero-order valence-electron chi connectivity index (χ0n) is 16.8. The number of hydrogen-bond donors (Lipinski definition) is 0. The van der Waals surface area contributed by atoms with Crippen LogP contribution in [0.3, 0.4) is 0 Å². The number of carbonyl (C=O) groups is 1. The number of benzene rings is 1. The van der Waals surface area contributed by atoms with Crippen molar-refractivity contribution in [3.63, 3.8) is 0 Å². The molecule has 1 saturated heterocycles. The summed E-state index contributed by atoms with van der Waals surface area (Å²) in [6.45, 7) is 5.73. The van der Waals surface area contributed by atoms with Crippen LogP contribution >= 0.6 is 23.1 Å². The molecule has 1 aromatic carbocycles. The molecule has 7 heteroatoms. The van der Waals surface area contributed by atoms with E-state index in [1.54, 1.807) is 16.7 Å². The summed E-state index contributed by atoms with van der Waals surface area (Å²) in [6.07, 6.45) is 4.83. The number of fused-ring (bicyclic) bond motifs is 1. The minimum atomic E-state index is -0.0715. The fraction of sp³-hybridized carbons (Fsp3) is 0.348. The smallest absolute Gasteiger partial charge is 0.263 e. The predicted octanol–water partition coefficient (Wildman–Crippen LogP) is 4.22. The van der Waals surface area contributed by atoms with Gasteiger partial charge in [0.15, 0.2) is 5.16 Å². The molecule has 0 radical (unpaired) electrons. The van der Waals surface area contributed by atoms with Crippen molar-refractivity contribution in [1.29, 1.82) is 0 Å². The third-order valence-electron chi connectivity index (χ3n) is 5.52. The van der Waals surface area contributed by atoms with E-state index in [9.17, 15) is 9.59 Å². The molecular formula is C23H25N3O2S2. The van der Waals surface area contributed by atoms with Gasteiger partial charge in [-0.3, -0.25) is 14.2 Å². The Bertz CT molecular complexity index is 1080. The van der Waals surface area contributed by atoms with Crippen molar-refractivity contribution in [3.8, 4) is 0 Å². The molecule has 5 nitrogen and oxygen atoms in total. The molecule has 1 aliphatic heterocycles. The zero-order chi connectivity index (χ0) is 20.9.